The van der Waals surface area contributed by atoms with Crippen LogP contribution in [-0.2, 0) is 0 Å². The second kappa shape index (κ2) is 5.05. The van der Waals surface area contributed by atoms with E-state index >= 15 is 0 Å². The van der Waals surface area contributed by atoms with Crippen LogP contribution in [-0.4, -0.2) is 11.8 Å². The second-order valence-electron chi connectivity index (χ2n) is 5.98. The lowest BCUT2D eigenvalue weighted by Crippen LogP contribution is -2.65. The molecular formula is C17H14Cl2N2O2. The van der Waals surface area contributed by atoms with Gasteiger partial charge < -0.3 is 10.1 Å². The highest BCUT2D eigenvalue weighted by Gasteiger charge is 2.49. The number of rotatable bonds is 1. The van der Waals surface area contributed by atoms with Crippen LogP contribution in [0.1, 0.15) is 24.9 Å². The van der Waals surface area contributed by atoms with Crippen molar-refractivity contribution in [2.24, 2.45) is 0 Å². The van der Waals surface area contributed by atoms with Crippen LogP contribution >= 0.6 is 23.2 Å². The van der Waals surface area contributed by atoms with Gasteiger partial charge in [0, 0.05) is 27.7 Å². The molecule has 6 heteroatoms. The number of amides is 2. The number of fused-ring (bicyclic) bond motifs is 4. The van der Waals surface area contributed by atoms with E-state index in [1.54, 1.807) is 23.1 Å². The van der Waals surface area contributed by atoms with Crippen LogP contribution in [0.3, 0.4) is 0 Å². The Hall–Kier alpha value is -1.91. The van der Waals surface area contributed by atoms with E-state index < -0.39 is 5.72 Å². The Labute approximate surface area is 143 Å². The number of anilines is 1. The highest BCUT2D eigenvalue weighted by Crippen LogP contribution is 2.46. The van der Waals surface area contributed by atoms with Crippen molar-refractivity contribution >= 4 is 34.9 Å². The number of ether oxygens (including phenoxy) is 1. The third-order valence-corrected chi connectivity index (χ3v) is 4.81. The Balaban J connectivity index is 1.79. The van der Waals surface area contributed by atoms with Crippen molar-refractivity contribution in [1.29, 1.82) is 0 Å². The molecule has 4 rings (SSSR count). The molecule has 2 amide bonds. The minimum Gasteiger partial charge on any atom is -0.467 e. The molecule has 0 aliphatic carbocycles. The summed E-state index contributed by atoms with van der Waals surface area (Å²) in [5.41, 5.74) is 0.895. The van der Waals surface area contributed by atoms with Crippen LogP contribution in [0, 0.1) is 0 Å². The average molecular weight is 349 g/mol. The fourth-order valence-corrected chi connectivity index (χ4v) is 3.63. The summed E-state index contributed by atoms with van der Waals surface area (Å²) < 4.78 is 6.19. The molecule has 2 aliphatic rings. The molecule has 0 aromatic heterocycles. The maximum atomic E-state index is 12.7. The van der Waals surface area contributed by atoms with Gasteiger partial charge in [-0.3, -0.25) is 4.90 Å². The number of halogens is 2. The SMILES string of the molecule is C[C@]12C[C@H](NC(=O)N1c1ccc(Cl)cc1)c1cc(Cl)ccc1O2. The van der Waals surface area contributed by atoms with Crippen LogP contribution in [0.2, 0.25) is 10.0 Å². The molecule has 1 fully saturated rings. The number of nitrogens with one attached hydrogen (secondary N) is 1. The topological polar surface area (TPSA) is 41.6 Å². The molecule has 1 saturated heterocycles. The summed E-state index contributed by atoms with van der Waals surface area (Å²) in [4.78, 5) is 14.3. The molecular weight excluding hydrogens is 335 g/mol. The van der Waals surface area contributed by atoms with Crippen LogP contribution < -0.4 is 15.0 Å². The number of hydrogen-bond acceptors (Lipinski definition) is 2. The summed E-state index contributed by atoms with van der Waals surface area (Å²) in [6.45, 7) is 1.92. The van der Waals surface area contributed by atoms with Gasteiger partial charge in [-0.2, -0.15) is 0 Å². The quantitative estimate of drug-likeness (QED) is 0.806. The molecule has 2 bridgehead atoms. The fraction of sp³-hybridized carbons (Fsp3) is 0.235. The van der Waals surface area contributed by atoms with Crippen molar-refractivity contribution in [2.45, 2.75) is 25.1 Å². The minimum absolute atomic E-state index is 0.112. The lowest BCUT2D eigenvalue weighted by atomic mass is 9.90. The van der Waals surface area contributed by atoms with Gasteiger partial charge in [0.2, 0.25) is 0 Å². The Morgan fingerprint density at radius 2 is 1.87 bits per heavy atom. The summed E-state index contributed by atoms with van der Waals surface area (Å²) in [6.07, 6.45) is 0.634. The van der Waals surface area contributed by atoms with E-state index in [4.69, 9.17) is 27.9 Å². The van der Waals surface area contributed by atoms with Gasteiger partial charge in [-0.1, -0.05) is 23.2 Å². The van der Waals surface area contributed by atoms with Crippen molar-refractivity contribution in [3.8, 4) is 5.75 Å². The van der Waals surface area contributed by atoms with Gasteiger partial charge in [0.25, 0.3) is 0 Å². The average Bonchev–Trinajstić information content (AvgIpc) is 2.49. The molecule has 4 nitrogen and oxygen atoms in total. The van der Waals surface area contributed by atoms with Crippen molar-refractivity contribution in [3.05, 3.63) is 58.1 Å². The summed E-state index contributed by atoms with van der Waals surface area (Å²) >= 11 is 12.0. The van der Waals surface area contributed by atoms with Crippen molar-refractivity contribution in [1.82, 2.24) is 5.32 Å². The van der Waals surface area contributed by atoms with Gasteiger partial charge in [-0.15, -0.1) is 0 Å². The van der Waals surface area contributed by atoms with Gasteiger partial charge in [-0.25, -0.2) is 4.79 Å². The normalized spacial score (nSPS) is 25.4. The van der Waals surface area contributed by atoms with E-state index in [1.807, 2.05) is 31.2 Å². The molecule has 118 valence electrons. The molecule has 2 aromatic carbocycles. The molecule has 0 unspecified atom stereocenters. The first-order valence-electron chi connectivity index (χ1n) is 7.31. The molecule has 0 spiro atoms. The van der Waals surface area contributed by atoms with Gasteiger partial charge in [-0.05, 0) is 49.4 Å². The Kier molecular flexibility index (Phi) is 3.22. The monoisotopic (exact) mass is 348 g/mol. The van der Waals surface area contributed by atoms with Gasteiger partial charge in [0.1, 0.15) is 5.75 Å². The maximum absolute atomic E-state index is 12.7. The van der Waals surface area contributed by atoms with Crippen molar-refractivity contribution in [2.75, 3.05) is 4.90 Å². The standard InChI is InChI=1S/C17H14Cl2N2O2/c1-17-9-14(13-8-11(19)4-7-15(13)23-17)20-16(22)21(17)12-5-2-10(18)3-6-12/h2-8,14H,9H2,1H3,(H,20,22)/t14-,17-/m0/s1. The Bertz CT molecular complexity index is 794. The number of carbonyl (C=O) groups is 1. The zero-order valence-electron chi connectivity index (χ0n) is 12.3. The number of nitrogens with zero attached hydrogens (tertiary/aromatic N) is 1. The predicted molar refractivity (Wildman–Crippen MR) is 90.3 cm³/mol. The lowest BCUT2D eigenvalue weighted by molar-refractivity contribution is 0.0379. The number of hydrogen-bond donors (Lipinski definition) is 1. The van der Waals surface area contributed by atoms with Gasteiger partial charge in [0.15, 0.2) is 5.72 Å². The van der Waals surface area contributed by atoms with Crippen LogP contribution in [0.15, 0.2) is 42.5 Å². The third-order valence-electron chi connectivity index (χ3n) is 4.32. The number of urea groups is 1. The lowest BCUT2D eigenvalue weighted by Gasteiger charge is -2.50. The van der Waals surface area contributed by atoms with Gasteiger partial charge in [0.05, 0.1) is 6.04 Å². The first-order valence-corrected chi connectivity index (χ1v) is 8.07. The van der Waals surface area contributed by atoms with Crippen molar-refractivity contribution in [3.63, 3.8) is 0 Å². The maximum Gasteiger partial charge on any atom is 0.325 e. The predicted octanol–water partition coefficient (Wildman–Crippen LogP) is 4.76. The molecule has 2 heterocycles. The smallest absolute Gasteiger partial charge is 0.325 e. The highest BCUT2D eigenvalue weighted by atomic mass is 35.5. The van der Waals surface area contributed by atoms with Crippen molar-refractivity contribution < 1.29 is 9.53 Å². The van der Waals surface area contributed by atoms with E-state index in [-0.39, 0.29) is 12.1 Å². The van der Waals surface area contributed by atoms with E-state index in [0.717, 1.165) is 17.0 Å². The molecule has 0 radical (unpaired) electrons. The zero-order valence-corrected chi connectivity index (χ0v) is 13.9. The van der Waals surface area contributed by atoms with E-state index in [0.29, 0.717) is 16.5 Å². The summed E-state index contributed by atoms with van der Waals surface area (Å²) in [5.74, 6) is 0.743. The number of carbonyl (C=O) groups excluding carboxylic acids is 1. The first-order chi connectivity index (χ1) is 11.0. The van der Waals surface area contributed by atoms with E-state index in [9.17, 15) is 4.79 Å². The highest BCUT2D eigenvalue weighted by molar-refractivity contribution is 6.31. The summed E-state index contributed by atoms with van der Waals surface area (Å²) in [5, 5.41) is 4.29. The molecule has 0 saturated carbocycles. The van der Waals surface area contributed by atoms with Crippen LogP contribution in [0.5, 0.6) is 5.75 Å². The molecule has 2 aromatic rings. The zero-order chi connectivity index (χ0) is 16.2. The second-order valence-corrected chi connectivity index (χ2v) is 6.85. The molecule has 2 aliphatic heterocycles. The summed E-state index contributed by atoms with van der Waals surface area (Å²) in [6, 6.07) is 12.3. The Morgan fingerprint density at radius 1 is 1.17 bits per heavy atom. The molecule has 23 heavy (non-hydrogen) atoms. The largest absolute Gasteiger partial charge is 0.467 e. The Morgan fingerprint density at radius 3 is 2.61 bits per heavy atom. The van der Waals surface area contributed by atoms with Crippen LogP contribution in [0.25, 0.3) is 0 Å². The van der Waals surface area contributed by atoms with Crippen LogP contribution in [0.4, 0.5) is 10.5 Å². The molecule has 2 atom stereocenters. The van der Waals surface area contributed by atoms with E-state index in [1.165, 1.54) is 0 Å². The third kappa shape index (κ3) is 2.33. The number of benzene rings is 2. The molecule has 1 N–H and O–H groups in total. The van der Waals surface area contributed by atoms with E-state index in [2.05, 4.69) is 5.32 Å². The fourth-order valence-electron chi connectivity index (χ4n) is 3.33. The first kappa shape index (κ1) is 14.7. The summed E-state index contributed by atoms with van der Waals surface area (Å²) in [7, 11) is 0. The minimum atomic E-state index is -0.762. The van der Waals surface area contributed by atoms with Gasteiger partial charge >= 0.3 is 6.03 Å².